The molecule has 1 nitrogen and oxygen atoms in total. The first kappa shape index (κ1) is 12.3. The smallest absolute Gasteiger partial charge is 0.0105 e. The third-order valence-electron chi connectivity index (χ3n) is 3.18. The quantitative estimate of drug-likeness (QED) is 0.782. The van der Waals surface area contributed by atoms with Gasteiger partial charge in [-0.2, -0.15) is 0 Å². The second-order valence-electron chi connectivity index (χ2n) is 4.34. The minimum Gasteiger partial charge on any atom is -0.327 e. The Balaban J connectivity index is 2.69. The second-order valence-corrected chi connectivity index (χ2v) is 4.34. The SMILES string of the molecule is CCCC(N)C(C)c1ccc(CC)cc1. The maximum atomic E-state index is 6.13. The lowest BCUT2D eigenvalue weighted by atomic mass is 9.90. The third kappa shape index (κ3) is 3.35. The number of aryl methyl sites for hydroxylation is 1. The molecular weight excluding hydrogens is 182 g/mol. The van der Waals surface area contributed by atoms with Gasteiger partial charge in [-0.05, 0) is 29.9 Å². The van der Waals surface area contributed by atoms with Crippen LogP contribution in [0.4, 0.5) is 0 Å². The first-order valence-corrected chi connectivity index (χ1v) is 6.03. The van der Waals surface area contributed by atoms with Crippen LogP contribution in [0, 0.1) is 0 Å². The second kappa shape index (κ2) is 5.92. The Morgan fingerprint density at radius 3 is 2.20 bits per heavy atom. The van der Waals surface area contributed by atoms with E-state index in [4.69, 9.17) is 5.73 Å². The average Bonchev–Trinajstić information content (AvgIpc) is 2.28. The van der Waals surface area contributed by atoms with Gasteiger partial charge in [-0.3, -0.25) is 0 Å². The molecule has 0 radical (unpaired) electrons. The Morgan fingerprint density at radius 2 is 1.73 bits per heavy atom. The highest BCUT2D eigenvalue weighted by Crippen LogP contribution is 2.21. The van der Waals surface area contributed by atoms with Crippen molar-refractivity contribution in [1.29, 1.82) is 0 Å². The number of hydrogen-bond acceptors (Lipinski definition) is 1. The lowest BCUT2D eigenvalue weighted by Crippen LogP contribution is -2.26. The average molecular weight is 205 g/mol. The molecule has 0 saturated carbocycles. The van der Waals surface area contributed by atoms with Gasteiger partial charge in [0, 0.05) is 6.04 Å². The summed E-state index contributed by atoms with van der Waals surface area (Å²) in [6.45, 7) is 6.59. The van der Waals surface area contributed by atoms with Gasteiger partial charge in [0.25, 0.3) is 0 Å². The van der Waals surface area contributed by atoms with Crippen LogP contribution >= 0.6 is 0 Å². The van der Waals surface area contributed by atoms with E-state index in [0.29, 0.717) is 12.0 Å². The number of benzene rings is 1. The van der Waals surface area contributed by atoms with Gasteiger partial charge in [-0.15, -0.1) is 0 Å². The van der Waals surface area contributed by atoms with Crippen LogP contribution in [0.2, 0.25) is 0 Å². The molecule has 0 aliphatic carbocycles. The van der Waals surface area contributed by atoms with Crippen LogP contribution in [-0.4, -0.2) is 6.04 Å². The zero-order chi connectivity index (χ0) is 11.3. The predicted molar refractivity (Wildman–Crippen MR) is 67.1 cm³/mol. The first-order chi connectivity index (χ1) is 7.19. The summed E-state index contributed by atoms with van der Waals surface area (Å²) in [5.74, 6) is 0.468. The van der Waals surface area contributed by atoms with E-state index < -0.39 is 0 Å². The molecule has 0 aliphatic heterocycles. The maximum absolute atomic E-state index is 6.13. The summed E-state index contributed by atoms with van der Waals surface area (Å²) >= 11 is 0. The van der Waals surface area contributed by atoms with Gasteiger partial charge >= 0.3 is 0 Å². The molecule has 0 bridgehead atoms. The molecule has 1 aromatic rings. The fourth-order valence-corrected chi connectivity index (χ4v) is 1.89. The van der Waals surface area contributed by atoms with Crippen LogP contribution in [0.5, 0.6) is 0 Å². The molecule has 1 heteroatoms. The van der Waals surface area contributed by atoms with Crippen LogP contribution < -0.4 is 5.73 Å². The van der Waals surface area contributed by atoms with Crippen LogP contribution in [-0.2, 0) is 6.42 Å². The normalized spacial score (nSPS) is 14.9. The standard InChI is InChI=1S/C14H23N/c1-4-6-14(15)11(3)13-9-7-12(5-2)8-10-13/h7-11,14H,4-6,15H2,1-3H3. The summed E-state index contributed by atoms with van der Waals surface area (Å²) < 4.78 is 0. The van der Waals surface area contributed by atoms with Crippen LogP contribution in [0.25, 0.3) is 0 Å². The van der Waals surface area contributed by atoms with Crippen molar-refractivity contribution in [3.05, 3.63) is 35.4 Å². The van der Waals surface area contributed by atoms with Crippen molar-refractivity contribution >= 4 is 0 Å². The Bertz CT molecular complexity index is 276. The van der Waals surface area contributed by atoms with E-state index >= 15 is 0 Å². The predicted octanol–water partition coefficient (Wildman–Crippen LogP) is 3.48. The summed E-state index contributed by atoms with van der Waals surface area (Å²) in [4.78, 5) is 0. The van der Waals surface area contributed by atoms with Crippen molar-refractivity contribution in [2.45, 2.75) is 52.0 Å². The lowest BCUT2D eigenvalue weighted by Gasteiger charge is -2.19. The fraction of sp³-hybridized carbons (Fsp3) is 0.571. The highest BCUT2D eigenvalue weighted by molar-refractivity contribution is 5.25. The first-order valence-electron chi connectivity index (χ1n) is 6.03. The Hall–Kier alpha value is -0.820. The molecule has 2 unspecified atom stereocenters. The van der Waals surface area contributed by atoms with Gasteiger partial charge in [0.2, 0.25) is 0 Å². The molecule has 0 aromatic heterocycles. The Labute approximate surface area is 93.7 Å². The molecule has 84 valence electrons. The van der Waals surface area contributed by atoms with Gasteiger partial charge in [0.05, 0.1) is 0 Å². The van der Waals surface area contributed by atoms with Crippen molar-refractivity contribution in [2.24, 2.45) is 5.73 Å². The van der Waals surface area contributed by atoms with Gasteiger partial charge in [-0.1, -0.05) is 51.5 Å². The van der Waals surface area contributed by atoms with E-state index in [0.717, 1.165) is 12.8 Å². The van der Waals surface area contributed by atoms with E-state index in [1.807, 2.05) is 0 Å². The van der Waals surface area contributed by atoms with Crippen molar-refractivity contribution in [3.63, 3.8) is 0 Å². The molecule has 0 amide bonds. The van der Waals surface area contributed by atoms with Crippen molar-refractivity contribution in [1.82, 2.24) is 0 Å². The lowest BCUT2D eigenvalue weighted by molar-refractivity contribution is 0.522. The Morgan fingerprint density at radius 1 is 1.13 bits per heavy atom. The monoisotopic (exact) mass is 205 g/mol. The molecular formula is C14H23N. The summed E-state index contributed by atoms with van der Waals surface area (Å²) in [6, 6.07) is 9.16. The zero-order valence-corrected chi connectivity index (χ0v) is 10.2. The molecule has 0 spiro atoms. The minimum atomic E-state index is 0.294. The van der Waals surface area contributed by atoms with Crippen molar-refractivity contribution < 1.29 is 0 Å². The summed E-state index contributed by atoms with van der Waals surface area (Å²) in [6.07, 6.45) is 3.38. The van der Waals surface area contributed by atoms with E-state index in [-0.39, 0.29) is 0 Å². The number of nitrogens with two attached hydrogens (primary N) is 1. The highest BCUT2D eigenvalue weighted by atomic mass is 14.6. The summed E-state index contributed by atoms with van der Waals surface area (Å²) in [5, 5.41) is 0. The molecule has 1 aromatic carbocycles. The van der Waals surface area contributed by atoms with E-state index in [9.17, 15) is 0 Å². The van der Waals surface area contributed by atoms with Crippen LogP contribution in [0.3, 0.4) is 0 Å². The molecule has 2 N–H and O–H groups in total. The molecule has 0 aliphatic rings. The maximum Gasteiger partial charge on any atom is 0.0105 e. The van der Waals surface area contributed by atoms with Crippen LogP contribution in [0.15, 0.2) is 24.3 Å². The van der Waals surface area contributed by atoms with E-state index in [1.54, 1.807) is 0 Å². The largest absolute Gasteiger partial charge is 0.327 e. The van der Waals surface area contributed by atoms with Crippen molar-refractivity contribution in [3.8, 4) is 0 Å². The summed E-state index contributed by atoms with van der Waals surface area (Å²) in [5.41, 5.74) is 8.90. The summed E-state index contributed by atoms with van der Waals surface area (Å²) in [7, 11) is 0. The minimum absolute atomic E-state index is 0.294. The number of hydrogen-bond donors (Lipinski definition) is 1. The topological polar surface area (TPSA) is 26.0 Å². The van der Waals surface area contributed by atoms with Crippen LogP contribution in [0.1, 0.15) is 50.7 Å². The third-order valence-corrected chi connectivity index (χ3v) is 3.18. The molecule has 2 atom stereocenters. The Kier molecular flexibility index (Phi) is 4.83. The zero-order valence-electron chi connectivity index (χ0n) is 10.2. The van der Waals surface area contributed by atoms with E-state index in [1.165, 1.54) is 17.5 Å². The number of rotatable bonds is 5. The molecule has 1 rings (SSSR count). The van der Waals surface area contributed by atoms with Gasteiger partial charge in [-0.25, -0.2) is 0 Å². The molecule has 0 fully saturated rings. The molecule has 0 saturated heterocycles. The molecule has 0 heterocycles. The van der Waals surface area contributed by atoms with Gasteiger partial charge < -0.3 is 5.73 Å². The van der Waals surface area contributed by atoms with E-state index in [2.05, 4.69) is 45.0 Å². The fourth-order valence-electron chi connectivity index (χ4n) is 1.89. The van der Waals surface area contributed by atoms with Crippen molar-refractivity contribution in [2.75, 3.05) is 0 Å². The molecule has 15 heavy (non-hydrogen) atoms. The van der Waals surface area contributed by atoms with Gasteiger partial charge in [0.1, 0.15) is 0 Å². The highest BCUT2D eigenvalue weighted by Gasteiger charge is 2.13. The van der Waals surface area contributed by atoms with Gasteiger partial charge in [0.15, 0.2) is 0 Å².